The van der Waals surface area contributed by atoms with E-state index in [4.69, 9.17) is 14.2 Å². The predicted octanol–water partition coefficient (Wildman–Crippen LogP) is 2.49. The maximum atomic E-state index is 11.7. The summed E-state index contributed by atoms with van der Waals surface area (Å²) < 4.78 is 15.9. The van der Waals surface area contributed by atoms with Crippen LogP contribution in [-0.2, 0) is 19.0 Å². The molecule has 0 aliphatic carbocycles. The molecule has 0 N–H and O–H groups in total. The highest BCUT2D eigenvalue weighted by Crippen LogP contribution is 2.18. The Labute approximate surface area is 103 Å². The molecular formula is C13H22O4. The number of rotatable bonds is 4. The summed E-state index contributed by atoms with van der Waals surface area (Å²) in [5.74, 6) is 0.785. The lowest BCUT2D eigenvalue weighted by Crippen LogP contribution is -2.28. The first-order chi connectivity index (χ1) is 7.90. The van der Waals surface area contributed by atoms with Gasteiger partial charge in [-0.15, -0.1) is 0 Å². The molecule has 1 heterocycles. The Morgan fingerprint density at radius 3 is 2.35 bits per heavy atom. The molecule has 1 unspecified atom stereocenters. The van der Waals surface area contributed by atoms with E-state index >= 15 is 0 Å². The highest BCUT2D eigenvalue weighted by molar-refractivity contribution is 5.82. The molecule has 0 aromatic heterocycles. The van der Waals surface area contributed by atoms with Crippen LogP contribution in [0.5, 0.6) is 0 Å². The molecule has 0 saturated carbocycles. The Morgan fingerprint density at radius 1 is 1.35 bits per heavy atom. The molecule has 0 aromatic carbocycles. The van der Waals surface area contributed by atoms with Crippen molar-refractivity contribution in [3.63, 3.8) is 0 Å². The maximum absolute atomic E-state index is 11.7. The Hall–Kier alpha value is -1.03. The lowest BCUT2D eigenvalue weighted by Gasteiger charge is -2.24. The van der Waals surface area contributed by atoms with Crippen LogP contribution >= 0.6 is 0 Å². The highest BCUT2D eigenvalue weighted by atomic mass is 16.7. The molecule has 0 spiro atoms. The normalized spacial score (nSPS) is 22.6. The second-order valence-electron chi connectivity index (χ2n) is 5.00. The van der Waals surface area contributed by atoms with E-state index in [1.54, 1.807) is 6.92 Å². The molecule has 17 heavy (non-hydrogen) atoms. The molecule has 1 aliphatic rings. The van der Waals surface area contributed by atoms with Gasteiger partial charge in [-0.1, -0.05) is 27.7 Å². The average Bonchev–Trinajstić information content (AvgIpc) is 2.59. The molecule has 1 rings (SSSR count). The van der Waals surface area contributed by atoms with E-state index in [1.165, 1.54) is 6.08 Å². The van der Waals surface area contributed by atoms with Gasteiger partial charge in [0.25, 0.3) is 0 Å². The van der Waals surface area contributed by atoms with E-state index in [-0.39, 0.29) is 18.4 Å². The van der Waals surface area contributed by atoms with Crippen molar-refractivity contribution in [2.75, 3.05) is 6.61 Å². The van der Waals surface area contributed by atoms with Crippen LogP contribution in [0, 0.1) is 11.8 Å². The van der Waals surface area contributed by atoms with Crippen molar-refractivity contribution >= 4 is 5.97 Å². The van der Waals surface area contributed by atoms with E-state index in [2.05, 4.69) is 0 Å². The topological polar surface area (TPSA) is 44.8 Å². The van der Waals surface area contributed by atoms with Gasteiger partial charge >= 0.3 is 5.97 Å². The minimum absolute atomic E-state index is 0.0703. The van der Waals surface area contributed by atoms with Gasteiger partial charge in [-0.3, -0.25) is 0 Å². The van der Waals surface area contributed by atoms with Gasteiger partial charge in [-0.2, -0.15) is 0 Å². The Kier molecular flexibility index (Phi) is 5.00. The van der Waals surface area contributed by atoms with Gasteiger partial charge in [0.05, 0.1) is 6.08 Å². The summed E-state index contributed by atoms with van der Waals surface area (Å²) in [6.07, 6.45) is 1.03. The third-order valence-electron chi connectivity index (χ3n) is 2.62. The zero-order valence-corrected chi connectivity index (χ0v) is 11.2. The molecule has 1 atom stereocenters. The second-order valence-corrected chi connectivity index (χ2v) is 5.00. The zero-order chi connectivity index (χ0) is 13.0. The molecule has 1 aliphatic heterocycles. The van der Waals surface area contributed by atoms with Crippen LogP contribution in [0.25, 0.3) is 0 Å². The van der Waals surface area contributed by atoms with Crippen molar-refractivity contribution in [2.24, 2.45) is 11.8 Å². The SMILES string of the molecule is CC1OC/C(=C/C(=O)OC(C(C)C)C(C)C)O1. The summed E-state index contributed by atoms with van der Waals surface area (Å²) in [6, 6.07) is 0. The van der Waals surface area contributed by atoms with Gasteiger partial charge in [0.2, 0.25) is 0 Å². The number of ether oxygens (including phenoxy) is 3. The third-order valence-corrected chi connectivity index (χ3v) is 2.62. The Morgan fingerprint density at radius 2 is 1.94 bits per heavy atom. The van der Waals surface area contributed by atoms with Gasteiger partial charge in [0.1, 0.15) is 18.5 Å². The summed E-state index contributed by atoms with van der Waals surface area (Å²) >= 11 is 0. The van der Waals surface area contributed by atoms with Crippen LogP contribution in [0.15, 0.2) is 11.8 Å². The number of hydrogen-bond donors (Lipinski definition) is 0. The summed E-state index contributed by atoms with van der Waals surface area (Å²) in [5, 5.41) is 0. The fourth-order valence-corrected chi connectivity index (χ4v) is 1.90. The lowest BCUT2D eigenvalue weighted by molar-refractivity contribution is -0.148. The summed E-state index contributed by atoms with van der Waals surface area (Å²) in [4.78, 5) is 11.7. The molecule has 98 valence electrons. The van der Waals surface area contributed by atoms with Crippen molar-refractivity contribution in [2.45, 2.75) is 47.0 Å². The standard InChI is InChI=1S/C13H22O4/c1-8(2)13(9(3)4)17-12(14)6-11-7-15-10(5)16-11/h6,8-10,13H,7H2,1-5H3/b11-6-. The summed E-state index contributed by atoms with van der Waals surface area (Å²) in [6.45, 7) is 10.3. The first kappa shape index (κ1) is 14.0. The van der Waals surface area contributed by atoms with Crippen LogP contribution in [0.1, 0.15) is 34.6 Å². The first-order valence-electron chi connectivity index (χ1n) is 6.09. The van der Waals surface area contributed by atoms with Crippen molar-refractivity contribution in [3.05, 3.63) is 11.8 Å². The van der Waals surface area contributed by atoms with Gasteiger partial charge < -0.3 is 14.2 Å². The molecular weight excluding hydrogens is 220 g/mol. The first-order valence-corrected chi connectivity index (χ1v) is 6.09. The Balaban J connectivity index is 2.53. The van der Waals surface area contributed by atoms with Crippen LogP contribution in [-0.4, -0.2) is 25.0 Å². The molecule has 0 radical (unpaired) electrons. The molecule has 4 nitrogen and oxygen atoms in total. The van der Waals surface area contributed by atoms with Crippen LogP contribution in [0.4, 0.5) is 0 Å². The van der Waals surface area contributed by atoms with Gasteiger partial charge in [-0.25, -0.2) is 4.79 Å². The lowest BCUT2D eigenvalue weighted by atomic mass is 9.96. The molecule has 0 aromatic rings. The molecule has 0 bridgehead atoms. The van der Waals surface area contributed by atoms with Crippen molar-refractivity contribution in [1.29, 1.82) is 0 Å². The van der Waals surface area contributed by atoms with E-state index < -0.39 is 0 Å². The average molecular weight is 242 g/mol. The van der Waals surface area contributed by atoms with Gasteiger partial charge in [0, 0.05) is 0 Å². The second kappa shape index (κ2) is 6.05. The van der Waals surface area contributed by atoms with Crippen molar-refractivity contribution < 1.29 is 19.0 Å². The fourth-order valence-electron chi connectivity index (χ4n) is 1.90. The highest BCUT2D eigenvalue weighted by Gasteiger charge is 2.23. The third kappa shape index (κ3) is 4.38. The smallest absolute Gasteiger partial charge is 0.334 e. The number of esters is 1. The Bertz CT molecular complexity index is 286. The van der Waals surface area contributed by atoms with Crippen LogP contribution in [0.2, 0.25) is 0 Å². The van der Waals surface area contributed by atoms with Crippen molar-refractivity contribution in [3.8, 4) is 0 Å². The van der Waals surface area contributed by atoms with E-state index in [1.807, 2.05) is 27.7 Å². The molecule has 0 amide bonds. The monoisotopic (exact) mass is 242 g/mol. The van der Waals surface area contributed by atoms with Crippen LogP contribution < -0.4 is 0 Å². The minimum atomic E-state index is -0.356. The van der Waals surface area contributed by atoms with E-state index in [9.17, 15) is 4.79 Å². The number of carbonyl (C=O) groups is 1. The number of hydrogen-bond acceptors (Lipinski definition) is 4. The summed E-state index contributed by atoms with van der Waals surface area (Å²) in [5.41, 5.74) is 0. The fraction of sp³-hybridized carbons (Fsp3) is 0.769. The van der Waals surface area contributed by atoms with Gasteiger partial charge in [0.15, 0.2) is 6.29 Å². The van der Waals surface area contributed by atoms with Crippen molar-refractivity contribution in [1.82, 2.24) is 0 Å². The minimum Gasteiger partial charge on any atom is -0.467 e. The maximum Gasteiger partial charge on any atom is 0.334 e. The molecule has 4 heteroatoms. The van der Waals surface area contributed by atoms with E-state index in [0.717, 1.165) is 0 Å². The van der Waals surface area contributed by atoms with E-state index in [0.29, 0.717) is 24.2 Å². The predicted molar refractivity (Wildman–Crippen MR) is 64.1 cm³/mol. The summed E-state index contributed by atoms with van der Waals surface area (Å²) in [7, 11) is 0. The largest absolute Gasteiger partial charge is 0.467 e. The number of carbonyl (C=O) groups excluding carboxylic acids is 1. The van der Waals surface area contributed by atoms with Gasteiger partial charge in [-0.05, 0) is 18.8 Å². The molecule has 1 fully saturated rings. The zero-order valence-electron chi connectivity index (χ0n) is 11.2. The quantitative estimate of drug-likeness (QED) is 0.561. The van der Waals surface area contributed by atoms with Crippen LogP contribution in [0.3, 0.4) is 0 Å². The molecule has 1 saturated heterocycles.